The molecule has 130 valence electrons. The van der Waals surface area contributed by atoms with Gasteiger partial charge in [-0.3, -0.25) is 0 Å². The third-order valence-electron chi connectivity index (χ3n) is 4.03. The second kappa shape index (κ2) is 8.66. The van der Waals surface area contributed by atoms with Gasteiger partial charge in [0.25, 0.3) is 0 Å². The van der Waals surface area contributed by atoms with Crippen LogP contribution in [0, 0.1) is 5.82 Å². The van der Waals surface area contributed by atoms with Crippen molar-refractivity contribution in [3.63, 3.8) is 0 Å². The zero-order chi connectivity index (χ0) is 17.5. The minimum absolute atomic E-state index is 0.0694. The van der Waals surface area contributed by atoms with E-state index in [1.165, 1.54) is 12.1 Å². The number of halogens is 1. The Morgan fingerprint density at radius 2 is 1.62 bits per heavy atom. The van der Waals surface area contributed by atoms with E-state index in [-0.39, 0.29) is 11.9 Å². The van der Waals surface area contributed by atoms with Gasteiger partial charge in [0.1, 0.15) is 5.82 Å². The summed E-state index contributed by atoms with van der Waals surface area (Å²) in [5, 5.41) is 13.6. The van der Waals surface area contributed by atoms with Crippen LogP contribution >= 0.6 is 0 Å². The van der Waals surface area contributed by atoms with Gasteiger partial charge < -0.3 is 19.9 Å². The van der Waals surface area contributed by atoms with Gasteiger partial charge in [0.05, 0.1) is 20.3 Å². The molecule has 0 heterocycles. The lowest BCUT2D eigenvalue weighted by Gasteiger charge is -2.21. The predicted molar refractivity (Wildman–Crippen MR) is 91.9 cm³/mol. The maximum absolute atomic E-state index is 13.0. The molecule has 0 bridgehead atoms. The van der Waals surface area contributed by atoms with Crippen LogP contribution in [0.15, 0.2) is 42.5 Å². The number of hydrogen-bond acceptors (Lipinski definition) is 4. The molecule has 2 unspecified atom stereocenters. The third-order valence-corrected chi connectivity index (χ3v) is 4.03. The Morgan fingerprint density at radius 3 is 2.21 bits per heavy atom. The van der Waals surface area contributed by atoms with Crippen molar-refractivity contribution in [2.24, 2.45) is 0 Å². The molecule has 0 saturated heterocycles. The summed E-state index contributed by atoms with van der Waals surface area (Å²) in [4.78, 5) is 0. The average Bonchev–Trinajstić information content (AvgIpc) is 2.62. The highest BCUT2D eigenvalue weighted by Gasteiger charge is 2.15. The van der Waals surface area contributed by atoms with Crippen molar-refractivity contribution in [3.8, 4) is 11.5 Å². The zero-order valence-electron chi connectivity index (χ0n) is 14.3. The second-order valence-corrected chi connectivity index (χ2v) is 5.55. The monoisotopic (exact) mass is 333 g/mol. The standard InChI is InChI=1S/C19H24FNO3/c1-4-16(14-7-10-18(23-2)19(11-14)24-3)21-12-17(22)13-5-8-15(20)9-6-13/h5-11,16-17,21-22H,4,12H2,1-3H3. The zero-order valence-corrected chi connectivity index (χ0v) is 14.3. The van der Waals surface area contributed by atoms with Crippen LogP contribution in [-0.2, 0) is 0 Å². The fraction of sp³-hybridized carbons (Fsp3) is 0.368. The summed E-state index contributed by atoms with van der Waals surface area (Å²) >= 11 is 0. The first-order valence-electron chi connectivity index (χ1n) is 7.97. The molecule has 0 fully saturated rings. The summed E-state index contributed by atoms with van der Waals surface area (Å²) in [6.45, 7) is 2.44. The molecule has 5 heteroatoms. The molecule has 0 radical (unpaired) electrons. The van der Waals surface area contributed by atoms with Crippen LogP contribution in [0.4, 0.5) is 4.39 Å². The summed E-state index contributed by atoms with van der Waals surface area (Å²) in [5.74, 6) is 1.05. The van der Waals surface area contributed by atoms with Crippen molar-refractivity contribution < 1.29 is 19.0 Å². The Kier molecular flexibility index (Phi) is 6.58. The Bertz CT molecular complexity index is 646. The number of aliphatic hydroxyl groups excluding tert-OH is 1. The maximum Gasteiger partial charge on any atom is 0.161 e. The highest BCUT2D eigenvalue weighted by atomic mass is 19.1. The first-order chi connectivity index (χ1) is 11.6. The molecule has 0 spiro atoms. The van der Waals surface area contributed by atoms with Gasteiger partial charge in [-0.1, -0.05) is 25.1 Å². The van der Waals surface area contributed by atoms with Gasteiger partial charge >= 0.3 is 0 Å². The first kappa shape index (κ1) is 18.2. The van der Waals surface area contributed by atoms with E-state index >= 15 is 0 Å². The fourth-order valence-corrected chi connectivity index (χ4v) is 2.62. The largest absolute Gasteiger partial charge is 0.493 e. The topological polar surface area (TPSA) is 50.7 Å². The van der Waals surface area contributed by atoms with E-state index < -0.39 is 6.10 Å². The number of aliphatic hydroxyl groups is 1. The predicted octanol–water partition coefficient (Wildman–Crippen LogP) is 3.62. The van der Waals surface area contributed by atoms with Crippen LogP contribution in [0.1, 0.15) is 36.6 Å². The van der Waals surface area contributed by atoms with E-state index in [9.17, 15) is 9.50 Å². The van der Waals surface area contributed by atoms with Gasteiger partial charge in [0.15, 0.2) is 11.5 Å². The molecule has 2 aromatic rings. The molecular formula is C19H24FNO3. The molecule has 0 aliphatic carbocycles. The van der Waals surface area contributed by atoms with Crippen molar-refractivity contribution in [3.05, 3.63) is 59.4 Å². The number of nitrogens with one attached hydrogen (secondary N) is 1. The Morgan fingerprint density at radius 1 is 1.00 bits per heavy atom. The molecule has 0 aliphatic rings. The number of benzene rings is 2. The van der Waals surface area contributed by atoms with Gasteiger partial charge in [-0.15, -0.1) is 0 Å². The maximum atomic E-state index is 13.0. The Balaban J connectivity index is 2.05. The SMILES string of the molecule is CCC(NCC(O)c1ccc(F)cc1)c1ccc(OC)c(OC)c1. The number of hydrogen-bond donors (Lipinski definition) is 2. The minimum atomic E-state index is -0.695. The molecule has 0 saturated carbocycles. The van der Waals surface area contributed by atoms with Gasteiger partial charge in [0.2, 0.25) is 0 Å². The van der Waals surface area contributed by atoms with E-state index in [1.807, 2.05) is 18.2 Å². The van der Waals surface area contributed by atoms with Crippen LogP contribution in [0.25, 0.3) is 0 Å². The van der Waals surface area contributed by atoms with Crippen LogP contribution in [0.2, 0.25) is 0 Å². The number of methoxy groups -OCH3 is 2. The molecule has 2 rings (SSSR count). The molecule has 24 heavy (non-hydrogen) atoms. The Labute approximate surface area is 142 Å². The molecular weight excluding hydrogens is 309 g/mol. The van der Waals surface area contributed by atoms with E-state index in [2.05, 4.69) is 12.2 Å². The van der Waals surface area contributed by atoms with E-state index in [4.69, 9.17) is 9.47 Å². The summed E-state index contributed by atoms with van der Waals surface area (Å²) in [6.07, 6.45) is 0.158. The van der Waals surface area contributed by atoms with Crippen LogP contribution in [0.5, 0.6) is 11.5 Å². The molecule has 2 atom stereocenters. The van der Waals surface area contributed by atoms with Crippen molar-refractivity contribution in [2.75, 3.05) is 20.8 Å². The van der Waals surface area contributed by atoms with Gasteiger partial charge in [-0.05, 0) is 41.8 Å². The van der Waals surface area contributed by atoms with E-state index in [1.54, 1.807) is 26.4 Å². The lowest BCUT2D eigenvalue weighted by atomic mass is 10.0. The van der Waals surface area contributed by atoms with Gasteiger partial charge in [0, 0.05) is 12.6 Å². The lowest BCUT2D eigenvalue weighted by molar-refractivity contribution is 0.169. The van der Waals surface area contributed by atoms with Gasteiger partial charge in [-0.2, -0.15) is 0 Å². The molecule has 2 aromatic carbocycles. The van der Waals surface area contributed by atoms with E-state index in [0.717, 1.165) is 12.0 Å². The molecule has 2 N–H and O–H groups in total. The van der Waals surface area contributed by atoms with Crippen LogP contribution < -0.4 is 14.8 Å². The second-order valence-electron chi connectivity index (χ2n) is 5.55. The molecule has 0 aliphatic heterocycles. The number of rotatable bonds is 8. The summed E-state index contributed by atoms with van der Waals surface area (Å²) < 4.78 is 23.5. The quantitative estimate of drug-likeness (QED) is 0.775. The number of ether oxygens (including phenoxy) is 2. The average molecular weight is 333 g/mol. The summed E-state index contributed by atoms with van der Waals surface area (Å²) in [5.41, 5.74) is 1.74. The highest BCUT2D eigenvalue weighted by Crippen LogP contribution is 2.31. The van der Waals surface area contributed by atoms with E-state index in [0.29, 0.717) is 23.6 Å². The molecule has 0 amide bonds. The van der Waals surface area contributed by atoms with Crippen molar-refractivity contribution in [2.45, 2.75) is 25.5 Å². The minimum Gasteiger partial charge on any atom is -0.493 e. The van der Waals surface area contributed by atoms with Crippen molar-refractivity contribution in [1.82, 2.24) is 5.32 Å². The smallest absolute Gasteiger partial charge is 0.161 e. The lowest BCUT2D eigenvalue weighted by Crippen LogP contribution is -2.26. The van der Waals surface area contributed by atoms with Crippen molar-refractivity contribution >= 4 is 0 Å². The summed E-state index contributed by atoms with van der Waals surface area (Å²) in [6, 6.07) is 11.7. The summed E-state index contributed by atoms with van der Waals surface area (Å²) in [7, 11) is 3.21. The third kappa shape index (κ3) is 4.46. The Hall–Kier alpha value is -2.11. The highest BCUT2D eigenvalue weighted by molar-refractivity contribution is 5.43. The van der Waals surface area contributed by atoms with Crippen LogP contribution in [-0.4, -0.2) is 25.9 Å². The van der Waals surface area contributed by atoms with Crippen LogP contribution in [0.3, 0.4) is 0 Å². The molecule has 4 nitrogen and oxygen atoms in total. The first-order valence-corrected chi connectivity index (χ1v) is 7.97. The fourth-order valence-electron chi connectivity index (χ4n) is 2.62. The van der Waals surface area contributed by atoms with Crippen molar-refractivity contribution in [1.29, 1.82) is 0 Å². The molecule has 0 aromatic heterocycles. The van der Waals surface area contributed by atoms with Gasteiger partial charge in [-0.25, -0.2) is 4.39 Å². The normalized spacial score (nSPS) is 13.4.